The quantitative estimate of drug-likeness (QED) is 0.445. The van der Waals surface area contributed by atoms with Crippen LogP contribution in [0.4, 0.5) is 0 Å². The smallest absolute Gasteiger partial charge is 0.267 e. The topological polar surface area (TPSA) is 55.1 Å². The Morgan fingerprint density at radius 2 is 2.00 bits per heavy atom. The molecule has 0 radical (unpaired) electrons. The Labute approximate surface area is 148 Å². The van der Waals surface area contributed by atoms with Crippen LogP contribution in [0.2, 0.25) is 0 Å². The third kappa shape index (κ3) is 3.11. The van der Waals surface area contributed by atoms with Crippen molar-refractivity contribution >= 4 is 33.3 Å². The molecule has 0 saturated heterocycles. The molecule has 0 atom stereocenters. The molecular formula is C18H16N2O2S2. The number of hydrogen-bond donors (Lipinski definition) is 1. The molecular weight excluding hydrogens is 340 g/mol. The number of hydrogen-bond acceptors (Lipinski definition) is 5. The molecule has 1 aromatic carbocycles. The molecule has 0 unspecified atom stereocenters. The zero-order valence-electron chi connectivity index (χ0n) is 13.4. The van der Waals surface area contributed by atoms with Crippen molar-refractivity contribution in [3.8, 4) is 17.5 Å². The third-order valence-electron chi connectivity index (χ3n) is 3.66. The predicted octanol–water partition coefficient (Wildman–Crippen LogP) is 3.15. The summed E-state index contributed by atoms with van der Waals surface area (Å²) in [5.41, 5.74) is 1.73. The van der Waals surface area contributed by atoms with E-state index < -0.39 is 0 Å². The first-order chi connectivity index (χ1) is 11.6. The number of aliphatic hydroxyl groups is 1. The van der Waals surface area contributed by atoms with E-state index in [4.69, 9.17) is 10.1 Å². The zero-order chi connectivity index (χ0) is 17.1. The highest BCUT2D eigenvalue weighted by atomic mass is 32.2. The van der Waals surface area contributed by atoms with Crippen molar-refractivity contribution in [2.75, 3.05) is 12.4 Å². The number of rotatable bonds is 3. The first kappa shape index (κ1) is 16.8. The number of benzene rings is 1. The van der Waals surface area contributed by atoms with Crippen LogP contribution in [0.1, 0.15) is 10.4 Å². The molecule has 0 aliphatic carbocycles. The van der Waals surface area contributed by atoms with Crippen LogP contribution in [0.15, 0.2) is 40.3 Å². The van der Waals surface area contributed by atoms with Crippen molar-refractivity contribution in [2.24, 2.45) is 0 Å². The Morgan fingerprint density at radius 1 is 1.25 bits per heavy atom. The first-order valence-corrected chi connectivity index (χ1v) is 9.21. The Bertz CT molecular complexity index is 995. The molecule has 0 spiro atoms. The summed E-state index contributed by atoms with van der Waals surface area (Å²) in [5, 5.41) is 10.1. The number of thiophene rings is 1. The van der Waals surface area contributed by atoms with Crippen molar-refractivity contribution in [3.05, 3.63) is 51.1 Å². The van der Waals surface area contributed by atoms with Gasteiger partial charge in [-0.2, -0.15) is 0 Å². The van der Waals surface area contributed by atoms with E-state index in [2.05, 4.69) is 11.8 Å². The highest BCUT2D eigenvalue weighted by Crippen LogP contribution is 2.29. The second-order valence-corrected chi connectivity index (χ2v) is 7.28. The van der Waals surface area contributed by atoms with Crippen LogP contribution in [-0.2, 0) is 0 Å². The molecule has 24 heavy (non-hydrogen) atoms. The maximum atomic E-state index is 13.1. The van der Waals surface area contributed by atoms with Crippen molar-refractivity contribution < 1.29 is 5.11 Å². The molecule has 3 aromatic rings. The average molecular weight is 356 g/mol. The molecule has 2 aromatic heterocycles. The second-order valence-electron chi connectivity index (χ2n) is 5.13. The summed E-state index contributed by atoms with van der Waals surface area (Å²) in [6, 6.07) is 9.51. The van der Waals surface area contributed by atoms with Gasteiger partial charge in [0.2, 0.25) is 0 Å². The van der Waals surface area contributed by atoms with E-state index in [1.54, 1.807) is 15.9 Å². The highest BCUT2D eigenvalue weighted by molar-refractivity contribution is 7.99. The van der Waals surface area contributed by atoms with Crippen molar-refractivity contribution in [3.63, 3.8) is 0 Å². The second kappa shape index (κ2) is 7.22. The Hall–Kier alpha value is -2.07. The summed E-state index contributed by atoms with van der Waals surface area (Å²) < 4.78 is 1.65. The van der Waals surface area contributed by atoms with Crippen molar-refractivity contribution in [1.29, 1.82) is 0 Å². The fourth-order valence-electron chi connectivity index (χ4n) is 2.38. The van der Waals surface area contributed by atoms with Gasteiger partial charge in [0.1, 0.15) is 11.4 Å². The number of nitrogens with zero attached hydrogens (tertiary/aromatic N) is 2. The molecule has 4 nitrogen and oxygen atoms in total. The normalized spacial score (nSPS) is 10.6. The van der Waals surface area contributed by atoms with Crippen LogP contribution in [0.3, 0.4) is 0 Å². The van der Waals surface area contributed by atoms with E-state index in [-0.39, 0.29) is 12.2 Å². The SMILES string of the molecule is Cc1sc2nc(SCC#CCO)n(-c3ccccc3)c(=O)c2c1C. The highest BCUT2D eigenvalue weighted by Gasteiger charge is 2.17. The fraction of sp³-hybridized carbons (Fsp3) is 0.222. The lowest BCUT2D eigenvalue weighted by Crippen LogP contribution is -2.21. The van der Waals surface area contributed by atoms with Crippen molar-refractivity contribution in [1.82, 2.24) is 9.55 Å². The molecule has 1 N–H and O–H groups in total. The number of aliphatic hydroxyl groups excluding tert-OH is 1. The summed E-state index contributed by atoms with van der Waals surface area (Å²) in [4.78, 5) is 19.7. The van der Waals surface area contributed by atoms with Gasteiger partial charge in [0.15, 0.2) is 5.16 Å². The minimum atomic E-state index is -0.165. The van der Waals surface area contributed by atoms with Gasteiger partial charge in [-0.1, -0.05) is 41.8 Å². The van der Waals surface area contributed by atoms with Crippen LogP contribution >= 0.6 is 23.1 Å². The Balaban J connectivity index is 2.22. The van der Waals surface area contributed by atoms with E-state index in [0.29, 0.717) is 16.3 Å². The minimum absolute atomic E-state index is 0.0503. The summed E-state index contributed by atoms with van der Waals surface area (Å²) in [5.74, 6) is 5.94. The largest absolute Gasteiger partial charge is 0.384 e. The van der Waals surface area contributed by atoms with E-state index in [9.17, 15) is 4.79 Å². The predicted molar refractivity (Wildman–Crippen MR) is 100 cm³/mol. The van der Waals surface area contributed by atoms with E-state index in [1.807, 2.05) is 44.2 Å². The standard InChI is InChI=1S/C18H16N2O2S2/c1-12-13(2)24-16-15(12)17(22)20(14-8-4-3-5-9-14)18(19-16)23-11-7-6-10-21/h3-5,8-9,21H,10-11H2,1-2H3. The molecule has 0 amide bonds. The third-order valence-corrected chi connectivity index (χ3v) is 5.59. The van der Waals surface area contributed by atoms with Crippen LogP contribution in [0.5, 0.6) is 0 Å². The van der Waals surface area contributed by atoms with E-state index >= 15 is 0 Å². The van der Waals surface area contributed by atoms with Gasteiger partial charge in [0.25, 0.3) is 5.56 Å². The van der Waals surface area contributed by atoms with Gasteiger partial charge in [-0.25, -0.2) is 4.98 Å². The fourth-order valence-corrected chi connectivity index (χ4v) is 4.24. The van der Waals surface area contributed by atoms with Crippen LogP contribution in [0.25, 0.3) is 15.9 Å². The summed E-state index contributed by atoms with van der Waals surface area (Å²) in [6.45, 7) is 3.81. The molecule has 6 heteroatoms. The molecule has 0 bridgehead atoms. The van der Waals surface area contributed by atoms with Gasteiger partial charge >= 0.3 is 0 Å². The van der Waals surface area contributed by atoms with Gasteiger partial charge in [-0.05, 0) is 31.5 Å². The Kier molecular flexibility index (Phi) is 5.05. The maximum Gasteiger partial charge on any atom is 0.267 e. The first-order valence-electron chi connectivity index (χ1n) is 7.41. The van der Waals surface area contributed by atoms with Crippen LogP contribution < -0.4 is 5.56 Å². The molecule has 2 heterocycles. The number of fused-ring (bicyclic) bond motifs is 1. The summed E-state index contributed by atoms with van der Waals surface area (Å²) in [6.07, 6.45) is 0. The van der Waals surface area contributed by atoms with Gasteiger partial charge in [0, 0.05) is 4.88 Å². The van der Waals surface area contributed by atoms with Gasteiger partial charge in [-0.3, -0.25) is 9.36 Å². The van der Waals surface area contributed by atoms with Crippen LogP contribution in [-0.4, -0.2) is 27.0 Å². The minimum Gasteiger partial charge on any atom is -0.384 e. The van der Waals surface area contributed by atoms with Gasteiger partial charge in [-0.15, -0.1) is 11.3 Å². The van der Waals surface area contributed by atoms with Gasteiger partial charge in [0.05, 0.1) is 16.8 Å². The van der Waals surface area contributed by atoms with Crippen LogP contribution in [0, 0.1) is 25.7 Å². The molecule has 0 saturated carbocycles. The molecule has 122 valence electrons. The lowest BCUT2D eigenvalue weighted by Gasteiger charge is -2.11. The van der Waals surface area contributed by atoms with Gasteiger partial charge < -0.3 is 5.11 Å². The molecule has 0 fully saturated rings. The molecule has 0 aliphatic rings. The molecule has 3 rings (SSSR count). The maximum absolute atomic E-state index is 13.1. The lowest BCUT2D eigenvalue weighted by molar-refractivity contribution is 0.350. The number of aryl methyl sites for hydroxylation is 2. The summed E-state index contributed by atoms with van der Waals surface area (Å²) >= 11 is 2.94. The number of aromatic nitrogens is 2. The lowest BCUT2D eigenvalue weighted by atomic mass is 10.2. The average Bonchev–Trinajstić information content (AvgIpc) is 2.87. The summed E-state index contributed by atoms with van der Waals surface area (Å²) in [7, 11) is 0. The number of thioether (sulfide) groups is 1. The Morgan fingerprint density at radius 3 is 2.71 bits per heavy atom. The van der Waals surface area contributed by atoms with E-state index in [0.717, 1.165) is 21.0 Å². The molecule has 0 aliphatic heterocycles. The van der Waals surface area contributed by atoms with E-state index in [1.165, 1.54) is 11.8 Å². The monoisotopic (exact) mass is 356 g/mol. The number of para-hydroxylation sites is 1. The zero-order valence-corrected chi connectivity index (χ0v) is 15.0. The van der Waals surface area contributed by atoms with Crippen molar-refractivity contribution in [2.45, 2.75) is 19.0 Å².